The van der Waals surface area contributed by atoms with Gasteiger partial charge in [0, 0.05) is 18.1 Å². The third-order valence-electron chi connectivity index (χ3n) is 3.40. The summed E-state index contributed by atoms with van der Waals surface area (Å²) in [5.74, 6) is -0.127. The first kappa shape index (κ1) is 13.6. The molecule has 0 saturated heterocycles. The van der Waals surface area contributed by atoms with E-state index in [-0.39, 0.29) is 10.6 Å². The molecule has 0 fully saturated rings. The predicted octanol–water partition coefficient (Wildman–Crippen LogP) is 2.13. The number of fused-ring (bicyclic) bond motifs is 1. The van der Waals surface area contributed by atoms with E-state index in [0.29, 0.717) is 11.4 Å². The summed E-state index contributed by atoms with van der Waals surface area (Å²) >= 11 is 0. The van der Waals surface area contributed by atoms with Gasteiger partial charge in [0.15, 0.2) is 9.84 Å². The van der Waals surface area contributed by atoms with E-state index >= 15 is 0 Å². The molecule has 1 heterocycles. The van der Waals surface area contributed by atoms with Crippen molar-refractivity contribution < 1.29 is 8.42 Å². The molecule has 0 saturated carbocycles. The van der Waals surface area contributed by atoms with Gasteiger partial charge in [0.2, 0.25) is 0 Å². The number of nitrogens with two attached hydrogens (primary N) is 1. The Hall–Kier alpha value is -2.34. The molecule has 2 N–H and O–H groups in total. The highest BCUT2D eigenvalue weighted by Gasteiger charge is 2.19. The van der Waals surface area contributed by atoms with Gasteiger partial charge in [0.25, 0.3) is 0 Å². The molecule has 0 radical (unpaired) electrons. The SMILES string of the molecule is Cn1nc(CS(=O)(=O)c2ccc(N)cc2)c2ccccc21. The third-order valence-corrected chi connectivity index (χ3v) is 5.04. The molecule has 0 unspecified atom stereocenters. The van der Waals surface area contributed by atoms with Crippen molar-refractivity contribution in [2.45, 2.75) is 10.6 Å². The van der Waals surface area contributed by atoms with E-state index in [2.05, 4.69) is 5.10 Å². The minimum Gasteiger partial charge on any atom is -0.399 e. The van der Waals surface area contributed by atoms with Crippen molar-refractivity contribution in [2.75, 3.05) is 5.73 Å². The molecule has 0 amide bonds. The van der Waals surface area contributed by atoms with Gasteiger partial charge in [-0.25, -0.2) is 8.42 Å². The lowest BCUT2D eigenvalue weighted by Crippen LogP contribution is -2.06. The van der Waals surface area contributed by atoms with Gasteiger partial charge in [0.1, 0.15) is 0 Å². The van der Waals surface area contributed by atoms with Gasteiger partial charge < -0.3 is 5.73 Å². The molecule has 0 spiro atoms. The van der Waals surface area contributed by atoms with Crippen LogP contribution in [0.5, 0.6) is 0 Å². The second-order valence-corrected chi connectivity index (χ2v) is 6.91. The van der Waals surface area contributed by atoms with Gasteiger partial charge in [-0.3, -0.25) is 4.68 Å². The molecular weight excluding hydrogens is 286 g/mol. The van der Waals surface area contributed by atoms with Gasteiger partial charge in [-0.05, 0) is 30.3 Å². The molecule has 21 heavy (non-hydrogen) atoms. The lowest BCUT2D eigenvalue weighted by Gasteiger charge is -2.03. The van der Waals surface area contributed by atoms with Gasteiger partial charge >= 0.3 is 0 Å². The van der Waals surface area contributed by atoms with Crippen molar-refractivity contribution in [3.8, 4) is 0 Å². The van der Waals surface area contributed by atoms with Crippen molar-refractivity contribution in [3.05, 3.63) is 54.2 Å². The summed E-state index contributed by atoms with van der Waals surface area (Å²) in [4.78, 5) is 0.256. The van der Waals surface area contributed by atoms with Gasteiger partial charge in [-0.1, -0.05) is 18.2 Å². The average Bonchev–Trinajstić information content (AvgIpc) is 2.76. The number of sulfone groups is 1. The number of nitrogen functional groups attached to an aromatic ring is 1. The predicted molar refractivity (Wildman–Crippen MR) is 82.5 cm³/mol. The fourth-order valence-electron chi connectivity index (χ4n) is 2.33. The lowest BCUT2D eigenvalue weighted by atomic mass is 10.2. The zero-order valence-corrected chi connectivity index (χ0v) is 12.3. The maximum Gasteiger partial charge on any atom is 0.184 e. The van der Waals surface area contributed by atoms with Crippen LogP contribution in [0.2, 0.25) is 0 Å². The van der Waals surface area contributed by atoms with Crippen molar-refractivity contribution in [3.63, 3.8) is 0 Å². The first-order chi connectivity index (χ1) is 9.97. The fourth-order valence-corrected chi connectivity index (χ4v) is 3.62. The Labute approximate surface area is 122 Å². The maximum absolute atomic E-state index is 12.5. The Kier molecular flexibility index (Phi) is 3.17. The average molecular weight is 301 g/mol. The standard InChI is InChI=1S/C15H15N3O2S/c1-18-15-5-3-2-4-13(15)14(17-18)10-21(19,20)12-8-6-11(16)7-9-12/h2-9H,10,16H2,1H3. The summed E-state index contributed by atoms with van der Waals surface area (Å²) < 4.78 is 26.6. The number of anilines is 1. The van der Waals surface area contributed by atoms with E-state index in [1.165, 1.54) is 12.1 Å². The normalized spacial score (nSPS) is 11.9. The molecule has 108 valence electrons. The van der Waals surface area contributed by atoms with Crippen LogP contribution in [-0.4, -0.2) is 18.2 Å². The van der Waals surface area contributed by atoms with Crippen LogP contribution in [0.4, 0.5) is 5.69 Å². The number of benzene rings is 2. The highest BCUT2D eigenvalue weighted by molar-refractivity contribution is 7.90. The summed E-state index contributed by atoms with van der Waals surface area (Å²) in [5.41, 5.74) is 7.61. The molecular formula is C15H15N3O2S. The maximum atomic E-state index is 12.5. The highest BCUT2D eigenvalue weighted by atomic mass is 32.2. The Morgan fingerprint density at radius 3 is 2.48 bits per heavy atom. The molecule has 0 aliphatic heterocycles. The van der Waals surface area contributed by atoms with Crippen LogP contribution in [0.1, 0.15) is 5.69 Å². The number of para-hydroxylation sites is 1. The first-order valence-corrected chi connectivity index (χ1v) is 8.11. The summed E-state index contributed by atoms with van der Waals surface area (Å²) in [6, 6.07) is 13.8. The number of aryl methyl sites for hydroxylation is 1. The summed E-state index contributed by atoms with van der Waals surface area (Å²) in [5, 5.41) is 5.19. The molecule has 5 nitrogen and oxygen atoms in total. The number of nitrogens with zero attached hydrogens (tertiary/aromatic N) is 2. The van der Waals surface area contributed by atoms with Crippen LogP contribution >= 0.6 is 0 Å². The zero-order valence-electron chi connectivity index (χ0n) is 11.5. The molecule has 1 aromatic heterocycles. The van der Waals surface area contributed by atoms with Gasteiger partial charge in [-0.2, -0.15) is 5.10 Å². The molecule has 3 rings (SSSR count). The number of hydrogen-bond donors (Lipinski definition) is 1. The fraction of sp³-hybridized carbons (Fsp3) is 0.133. The van der Waals surface area contributed by atoms with Crippen LogP contribution in [0.15, 0.2) is 53.4 Å². The van der Waals surface area contributed by atoms with Crippen molar-refractivity contribution in [2.24, 2.45) is 7.05 Å². The van der Waals surface area contributed by atoms with Gasteiger partial charge in [-0.15, -0.1) is 0 Å². The minimum atomic E-state index is -3.44. The number of aromatic nitrogens is 2. The second kappa shape index (κ2) is 4.89. The Morgan fingerprint density at radius 1 is 1.10 bits per heavy atom. The van der Waals surface area contributed by atoms with E-state index < -0.39 is 9.84 Å². The quantitative estimate of drug-likeness (QED) is 0.752. The summed E-state index contributed by atoms with van der Waals surface area (Å²) in [6.45, 7) is 0. The van der Waals surface area contributed by atoms with E-state index in [0.717, 1.165) is 10.9 Å². The van der Waals surface area contributed by atoms with E-state index in [1.807, 2.05) is 31.3 Å². The Morgan fingerprint density at radius 2 is 1.76 bits per heavy atom. The zero-order chi connectivity index (χ0) is 15.0. The van der Waals surface area contributed by atoms with Crippen LogP contribution in [0.3, 0.4) is 0 Å². The first-order valence-electron chi connectivity index (χ1n) is 6.46. The lowest BCUT2D eigenvalue weighted by molar-refractivity contribution is 0.594. The topological polar surface area (TPSA) is 78.0 Å². The number of rotatable bonds is 3. The summed E-state index contributed by atoms with van der Waals surface area (Å²) in [7, 11) is -1.63. The van der Waals surface area contributed by atoms with Crippen LogP contribution < -0.4 is 5.73 Å². The number of hydrogen-bond acceptors (Lipinski definition) is 4. The van der Waals surface area contributed by atoms with E-state index in [1.54, 1.807) is 16.8 Å². The van der Waals surface area contributed by atoms with Gasteiger partial charge in [0.05, 0.1) is 21.9 Å². The van der Waals surface area contributed by atoms with Crippen molar-refractivity contribution in [1.82, 2.24) is 9.78 Å². The summed E-state index contributed by atoms with van der Waals surface area (Å²) in [6.07, 6.45) is 0. The second-order valence-electron chi connectivity index (χ2n) is 4.92. The van der Waals surface area contributed by atoms with Crippen molar-refractivity contribution in [1.29, 1.82) is 0 Å². The monoisotopic (exact) mass is 301 g/mol. The van der Waals surface area contributed by atoms with Crippen LogP contribution in [0, 0.1) is 0 Å². The van der Waals surface area contributed by atoms with Crippen LogP contribution in [0.25, 0.3) is 10.9 Å². The Bertz CT molecular complexity index is 896. The Balaban J connectivity index is 2.03. The minimum absolute atomic E-state index is 0.127. The molecule has 6 heteroatoms. The smallest absolute Gasteiger partial charge is 0.184 e. The van der Waals surface area contributed by atoms with Crippen LogP contribution in [-0.2, 0) is 22.6 Å². The van der Waals surface area contributed by atoms with E-state index in [4.69, 9.17) is 5.73 Å². The van der Waals surface area contributed by atoms with Crippen molar-refractivity contribution >= 4 is 26.4 Å². The largest absolute Gasteiger partial charge is 0.399 e. The molecule has 0 aliphatic rings. The molecule has 3 aromatic rings. The molecule has 0 aliphatic carbocycles. The molecule has 0 atom stereocenters. The molecule has 0 bridgehead atoms. The highest BCUT2D eigenvalue weighted by Crippen LogP contribution is 2.23. The van der Waals surface area contributed by atoms with E-state index in [9.17, 15) is 8.42 Å². The molecule has 2 aromatic carbocycles. The third kappa shape index (κ3) is 2.50.